The molecule has 0 atom stereocenters. The Balaban J connectivity index is 1.97. The number of benzene rings is 1. The standard InChI is InChI=1S/C15H16N2O4/c1-9(2)16-13(18)10-7-15(8-10,14(16)19)11-3-5-12(6-4-11)17(20)21/h3-6,9-10H,7-8H2,1-2H3. The molecule has 3 fully saturated rings. The molecular formula is C15H16N2O4. The summed E-state index contributed by atoms with van der Waals surface area (Å²) in [4.78, 5) is 36.5. The first-order chi connectivity index (χ1) is 9.86. The van der Waals surface area contributed by atoms with Gasteiger partial charge in [0.05, 0.1) is 10.3 Å². The molecule has 21 heavy (non-hydrogen) atoms. The van der Waals surface area contributed by atoms with Crippen LogP contribution in [0.2, 0.25) is 0 Å². The number of amides is 2. The van der Waals surface area contributed by atoms with Crippen LogP contribution < -0.4 is 0 Å². The molecule has 6 heteroatoms. The maximum atomic E-state index is 12.7. The quantitative estimate of drug-likeness (QED) is 0.484. The van der Waals surface area contributed by atoms with Crippen molar-refractivity contribution in [2.24, 2.45) is 5.92 Å². The highest BCUT2D eigenvalue weighted by Gasteiger charge is 2.61. The number of hydrogen-bond donors (Lipinski definition) is 0. The van der Waals surface area contributed by atoms with Crippen LogP contribution in [0.5, 0.6) is 0 Å². The van der Waals surface area contributed by atoms with Crippen LogP contribution in [-0.4, -0.2) is 27.7 Å². The lowest BCUT2D eigenvalue weighted by Gasteiger charge is -2.54. The van der Waals surface area contributed by atoms with Crippen LogP contribution in [0.15, 0.2) is 24.3 Å². The average molecular weight is 288 g/mol. The molecule has 1 saturated carbocycles. The van der Waals surface area contributed by atoms with Gasteiger partial charge in [0.2, 0.25) is 11.8 Å². The van der Waals surface area contributed by atoms with Gasteiger partial charge in [-0.25, -0.2) is 0 Å². The fourth-order valence-corrected chi connectivity index (χ4v) is 3.41. The predicted octanol–water partition coefficient (Wildman–Crippen LogP) is 2.02. The number of nitrogens with zero attached hydrogens (tertiary/aromatic N) is 2. The molecule has 0 aromatic heterocycles. The SMILES string of the molecule is CC(C)N1C(=O)C2CC(c3ccc([N+](=O)[O-])cc3)(C2)C1=O. The minimum atomic E-state index is -0.669. The Morgan fingerprint density at radius 3 is 2.29 bits per heavy atom. The van der Waals surface area contributed by atoms with Crippen LogP contribution in [0.4, 0.5) is 5.69 Å². The molecule has 2 amide bonds. The van der Waals surface area contributed by atoms with E-state index in [1.807, 2.05) is 13.8 Å². The van der Waals surface area contributed by atoms with Crippen molar-refractivity contribution in [3.05, 3.63) is 39.9 Å². The summed E-state index contributed by atoms with van der Waals surface area (Å²) in [5.74, 6) is -0.349. The summed E-state index contributed by atoms with van der Waals surface area (Å²) >= 11 is 0. The minimum Gasteiger partial charge on any atom is -0.279 e. The Morgan fingerprint density at radius 2 is 1.81 bits per heavy atom. The lowest BCUT2D eigenvalue weighted by Crippen LogP contribution is -2.67. The molecule has 2 aliphatic heterocycles. The van der Waals surface area contributed by atoms with Gasteiger partial charge in [0.15, 0.2) is 0 Å². The van der Waals surface area contributed by atoms with Crippen molar-refractivity contribution < 1.29 is 14.5 Å². The van der Waals surface area contributed by atoms with Crippen molar-refractivity contribution in [3.63, 3.8) is 0 Å². The van der Waals surface area contributed by atoms with Crippen molar-refractivity contribution in [2.75, 3.05) is 0 Å². The third-order valence-electron chi connectivity index (χ3n) is 4.55. The molecule has 1 aromatic rings. The van der Waals surface area contributed by atoms with E-state index >= 15 is 0 Å². The van der Waals surface area contributed by atoms with Gasteiger partial charge in [-0.15, -0.1) is 0 Å². The normalized spacial score (nSPS) is 27.8. The number of fused-ring (bicyclic) bond motifs is 2. The molecule has 0 unspecified atom stereocenters. The monoisotopic (exact) mass is 288 g/mol. The number of nitro groups is 1. The summed E-state index contributed by atoms with van der Waals surface area (Å²) in [7, 11) is 0. The number of rotatable bonds is 3. The number of carbonyl (C=O) groups excluding carboxylic acids is 2. The fourth-order valence-electron chi connectivity index (χ4n) is 3.41. The van der Waals surface area contributed by atoms with E-state index in [1.165, 1.54) is 17.0 Å². The first kappa shape index (κ1) is 13.7. The first-order valence-corrected chi connectivity index (χ1v) is 6.99. The number of nitro benzene ring substituents is 1. The maximum Gasteiger partial charge on any atom is 0.269 e. The van der Waals surface area contributed by atoms with E-state index in [2.05, 4.69) is 0 Å². The van der Waals surface area contributed by atoms with Crippen molar-refractivity contribution in [2.45, 2.75) is 38.1 Å². The van der Waals surface area contributed by atoms with Crippen LogP contribution in [-0.2, 0) is 15.0 Å². The molecule has 3 aliphatic rings. The maximum absolute atomic E-state index is 12.7. The summed E-state index contributed by atoms with van der Waals surface area (Å²) in [5, 5.41) is 10.7. The summed E-state index contributed by atoms with van der Waals surface area (Å²) in [6, 6.07) is 5.95. The number of imide groups is 1. The Kier molecular flexibility index (Phi) is 2.86. The molecule has 1 aromatic carbocycles. The number of hydrogen-bond acceptors (Lipinski definition) is 4. The Labute approximate surface area is 121 Å². The number of non-ortho nitro benzene ring substituents is 1. The van der Waals surface area contributed by atoms with Gasteiger partial charge in [-0.05, 0) is 32.3 Å². The highest BCUT2D eigenvalue weighted by Crippen LogP contribution is 2.53. The summed E-state index contributed by atoms with van der Waals surface area (Å²) in [5.41, 5.74) is 0.108. The second kappa shape index (κ2) is 4.38. The van der Waals surface area contributed by atoms with Gasteiger partial charge < -0.3 is 0 Å². The van der Waals surface area contributed by atoms with E-state index in [-0.39, 0.29) is 29.5 Å². The van der Waals surface area contributed by atoms with E-state index in [4.69, 9.17) is 0 Å². The smallest absolute Gasteiger partial charge is 0.269 e. The van der Waals surface area contributed by atoms with Gasteiger partial charge >= 0.3 is 0 Å². The minimum absolute atomic E-state index is 0.00562. The molecule has 2 heterocycles. The molecule has 2 bridgehead atoms. The third-order valence-corrected chi connectivity index (χ3v) is 4.55. The third kappa shape index (κ3) is 1.78. The Morgan fingerprint density at radius 1 is 1.24 bits per heavy atom. The molecular weight excluding hydrogens is 272 g/mol. The zero-order valence-electron chi connectivity index (χ0n) is 11.9. The highest BCUT2D eigenvalue weighted by molar-refractivity contribution is 6.08. The molecule has 0 spiro atoms. The van der Waals surface area contributed by atoms with Gasteiger partial charge in [0.25, 0.3) is 5.69 Å². The molecule has 0 radical (unpaired) electrons. The Bertz CT molecular complexity index is 630. The average Bonchev–Trinajstić information content (AvgIpc) is 2.37. The molecule has 110 valence electrons. The van der Waals surface area contributed by atoms with Crippen molar-refractivity contribution in [3.8, 4) is 0 Å². The van der Waals surface area contributed by atoms with Crippen LogP contribution in [0.1, 0.15) is 32.3 Å². The lowest BCUT2D eigenvalue weighted by molar-refractivity contribution is -0.384. The van der Waals surface area contributed by atoms with E-state index in [0.717, 1.165) is 5.56 Å². The van der Waals surface area contributed by atoms with Crippen molar-refractivity contribution >= 4 is 17.5 Å². The zero-order chi connectivity index (χ0) is 15.4. The van der Waals surface area contributed by atoms with E-state index < -0.39 is 10.3 Å². The first-order valence-electron chi connectivity index (χ1n) is 6.99. The molecule has 4 rings (SSSR count). The second-order valence-electron chi connectivity index (χ2n) is 6.10. The number of piperidine rings is 2. The van der Waals surface area contributed by atoms with Gasteiger partial charge in [-0.2, -0.15) is 0 Å². The van der Waals surface area contributed by atoms with Crippen LogP contribution in [0.25, 0.3) is 0 Å². The summed E-state index contributed by atoms with van der Waals surface area (Å²) in [6.45, 7) is 3.65. The highest BCUT2D eigenvalue weighted by atomic mass is 16.6. The van der Waals surface area contributed by atoms with E-state index in [9.17, 15) is 19.7 Å². The molecule has 6 nitrogen and oxygen atoms in total. The van der Waals surface area contributed by atoms with Crippen molar-refractivity contribution in [1.29, 1.82) is 0 Å². The van der Waals surface area contributed by atoms with Gasteiger partial charge in [-0.3, -0.25) is 24.6 Å². The summed E-state index contributed by atoms with van der Waals surface area (Å²) in [6.07, 6.45) is 1.04. The van der Waals surface area contributed by atoms with Crippen LogP contribution in [0.3, 0.4) is 0 Å². The van der Waals surface area contributed by atoms with Gasteiger partial charge in [0.1, 0.15) is 0 Å². The van der Waals surface area contributed by atoms with Crippen LogP contribution in [0, 0.1) is 16.0 Å². The van der Waals surface area contributed by atoms with E-state index in [1.54, 1.807) is 12.1 Å². The fraction of sp³-hybridized carbons (Fsp3) is 0.467. The Hall–Kier alpha value is -2.24. The summed E-state index contributed by atoms with van der Waals surface area (Å²) < 4.78 is 0. The van der Waals surface area contributed by atoms with Crippen molar-refractivity contribution in [1.82, 2.24) is 4.90 Å². The molecule has 2 saturated heterocycles. The predicted molar refractivity (Wildman–Crippen MR) is 74.5 cm³/mol. The van der Waals surface area contributed by atoms with Crippen LogP contribution >= 0.6 is 0 Å². The molecule has 1 aliphatic carbocycles. The largest absolute Gasteiger partial charge is 0.279 e. The lowest BCUT2D eigenvalue weighted by atomic mass is 9.54. The van der Waals surface area contributed by atoms with Gasteiger partial charge in [0, 0.05) is 24.1 Å². The van der Waals surface area contributed by atoms with Gasteiger partial charge in [-0.1, -0.05) is 12.1 Å². The topological polar surface area (TPSA) is 80.5 Å². The second-order valence-corrected chi connectivity index (χ2v) is 6.10. The number of carbonyl (C=O) groups is 2. The van der Waals surface area contributed by atoms with E-state index in [0.29, 0.717) is 12.8 Å². The molecule has 0 N–H and O–H groups in total. The zero-order valence-corrected chi connectivity index (χ0v) is 11.9.